The van der Waals surface area contributed by atoms with Crippen molar-refractivity contribution >= 4 is 0 Å². The molecular weight excluding hydrogens is 254 g/mol. The predicted octanol–water partition coefficient (Wildman–Crippen LogP) is 2.20. The zero-order valence-corrected chi connectivity index (χ0v) is 13.7. The highest BCUT2D eigenvalue weighted by molar-refractivity contribution is 4.94. The number of rotatable bonds is 12. The van der Waals surface area contributed by atoms with Crippen LogP contribution in [0.4, 0.5) is 0 Å². The molecule has 2 N–H and O–H groups in total. The predicted molar refractivity (Wildman–Crippen MR) is 81.9 cm³/mol. The minimum atomic E-state index is -0.414. The fourth-order valence-corrected chi connectivity index (χ4v) is 2.58. The van der Waals surface area contributed by atoms with Crippen molar-refractivity contribution in [2.75, 3.05) is 33.4 Å². The number of hydrogen-bond donors (Lipinski definition) is 2. The Morgan fingerprint density at radius 1 is 1.25 bits per heavy atom. The smallest absolute Gasteiger partial charge is 0.0897 e. The topological polar surface area (TPSA) is 50.7 Å². The van der Waals surface area contributed by atoms with Gasteiger partial charge in [-0.3, -0.25) is 0 Å². The maximum absolute atomic E-state index is 9.91. The maximum atomic E-state index is 9.91. The third kappa shape index (κ3) is 7.58. The third-order valence-electron chi connectivity index (χ3n) is 4.05. The van der Waals surface area contributed by atoms with Crippen LogP contribution in [0.1, 0.15) is 46.5 Å². The number of nitrogens with one attached hydrogen (secondary N) is 1. The number of hydrogen-bond acceptors (Lipinski definition) is 4. The Morgan fingerprint density at radius 2 is 1.95 bits per heavy atom. The molecule has 4 heteroatoms. The van der Waals surface area contributed by atoms with Crippen LogP contribution in [-0.2, 0) is 9.47 Å². The van der Waals surface area contributed by atoms with Crippen molar-refractivity contribution in [3.05, 3.63) is 0 Å². The monoisotopic (exact) mass is 287 g/mol. The Hall–Kier alpha value is -0.160. The van der Waals surface area contributed by atoms with E-state index in [4.69, 9.17) is 9.47 Å². The van der Waals surface area contributed by atoms with Gasteiger partial charge in [0.1, 0.15) is 0 Å². The van der Waals surface area contributed by atoms with Crippen LogP contribution < -0.4 is 5.32 Å². The largest absolute Gasteiger partial charge is 0.389 e. The maximum Gasteiger partial charge on any atom is 0.0897 e. The highest BCUT2D eigenvalue weighted by atomic mass is 16.5. The molecule has 0 radical (unpaired) electrons. The van der Waals surface area contributed by atoms with Gasteiger partial charge in [-0.25, -0.2) is 0 Å². The molecule has 0 aromatic heterocycles. The van der Waals surface area contributed by atoms with E-state index in [1.807, 2.05) is 0 Å². The number of aliphatic hydroxyl groups excluding tert-OH is 1. The number of ether oxygens (including phenoxy) is 2. The molecule has 0 bridgehead atoms. The summed E-state index contributed by atoms with van der Waals surface area (Å²) in [6.45, 7) is 9.30. The summed E-state index contributed by atoms with van der Waals surface area (Å²) in [5.74, 6) is 0.635. The molecule has 0 aromatic rings. The SMILES string of the molecule is COCCC1(CNCC(O)COC(C)CC(C)C)CC1. The van der Waals surface area contributed by atoms with E-state index < -0.39 is 6.10 Å². The molecule has 2 unspecified atom stereocenters. The Balaban J connectivity index is 2.04. The van der Waals surface area contributed by atoms with Gasteiger partial charge in [-0.2, -0.15) is 0 Å². The Kier molecular flexibility index (Phi) is 8.03. The van der Waals surface area contributed by atoms with Gasteiger partial charge in [-0.1, -0.05) is 13.8 Å². The van der Waals surface area contributed by atoms with Gasteiger partial charge in [0.2, 0.25) is 0 Å². The lowest BCUT2D eigenvalue weighted by molar-refractivity contribution is -0.00886. The molecule has 0 spiro atoms. The van der Waals surface area contributed by atoms with E-state index in [0.29, 0.717) is 24.5 Å². The summed E-state index contributed by atoms with van der Waals surface area (Å²) in [6, 6.07) is 0. The van der Waals surface area contributed by atoms with Crippen molar-refractivity contribution in [2.45, 2.75) is 58.7 Å². The summed E-state index contributed by atoms with van der Waals surface area (Å²) in [5.41, 5.74) is 0.432. The van der Waals surface area contributed by atoms with Crippen LogP contribution in [0.5, 0.6) is 0 Å². The lowest BCUT2D eigenvalue weighted by Crippen LogP contribution is -2.35. The molecule has 0 aromatic carbocycles. The first-order valence-electron chi connectivity index (χ1n) is 7.97. The van der Waals surface area contributed by atoms with Gasteiger partial charge in [0.25, 0.3) is 0 Å². The molecule has 0 heterocycles. The normalized spacial score (nSPS) is 20.1. The molecule has 0 saturated heterocycles. The zero-order chi connectivity index (χ0) is 15.0. The van der Waals surface area contributed by atoms with Gasteiger partial charge in [0.05, 0.1) is 18.8 Å². The summed E-state index contributed by atoms with van der Waals surface area (Å²) < 4.78 is 10.8. The highest BCUT2D eigenvalue weighted by Gasteiger charge is 2.41. The van der Waals surface area contributed by atoms with E-state index in [1.165, 1.54) is 12.8 Å². The fourth-order valence-electron chi connectivity index (χ4n) is 2.58. The number of methoxy groups -OCH3 is 1. The van der Waals surface area contributed by atoms with E-state index >= 15 is 0 Å². The summed E-state index contributed by atoms with van der Waals surface area (Å²) in [7, 11) is 1.75. The van der Waals surface area contributed by atoms with E-state index in [2.05, 4.69) is 26.1 Å². The molecule has 1 aliphatic carbocycles. The fraction of sp³-hybridized carbons (Fsp3) is 1.00. The van der Waals surface area contributed by atoms with Crippen molar-refractivity contribution in [1.29, 1.82) is 0 Å². The van der Waals surface area contributed by atoms with Crippen LogP contribution in [0.25, 0.3) is 0 Å². The van der Waals surface area contributed by atoms with Crippen LogP contribution >= 0.6 is 0 Å². The van der Waals surface area contributed by atoms with E-state index in [9.17, 15) is 5.11 Å². The Morgan fingerprint density at radius 3 is 2.50 bits per heavy atom. The van der Waals surface area contributed by atoms with Crippen LogP contribution in [0.2, 0.25) is 0 Å². The van der Waals surface area contributed by atoms with E-state index in [1.54, 1.807) is 7.11 Å². The molecule has 0 aliphatic heterocycles. The lowest BCUT2D eigenvalue weighted by atomic mass is 10.0. The van der Waals surface area contributed by atoms with Gasteiger partial charge < -0.3 is 19.9 Å². The zero-order valence-electron chi connectivity index (χ0n) is 13.7. The standard InChI is InChI=1S/C16H33NO3/c1-13(2)9-14(3)20-11-15(18)10-17-12-16(5-6-16)7-8-19-4/h13-15,17-18H,5-12H2,1-4H3. The Bertz CT molecular complexity index is 254. The molecule has 1 aliphatic rings. The summed E-state index contributed by atoms with van der Waals surface area (Å²) >= 11 is 0. The molecule has 1 fully saturated rings. The molecule has 4 nitrogen and oxygen atoms in total. The lowest BCUT2D eigenvalue weighted by Gasteiger charge is -2.20. The second-order valence-corrected chi connectivity index (χ2v) is 6.80. The van der Waals surface area contributed by atoms with Crippen LogP contribution in [0, 0.1) is 11.3 Å². The van der Waals surface area contributed by atoms with Gasteiger partial charge in [-0.05, 0) is 43.9 Å². The first-order valence-corrected chi connectivity index (χ1v) is 7.97. The van der Waals surface area contributed by atoms with Gasteiger partial charge in [-0.15, -0.1) is 0 Å². The minimum absolute atomic E-state index is 0.223. The molecule has 1 saturated carbocycles. The van der Waals surface area contributed by atoms with Crippen LogP contribution in [-0.4, -0.2) is 50.7 Å². The molecule has 2 atom stereocenters. The van der Waals surface area contributed by atoms with Crippen molar-refractivity contribution < 1.29 is 14.6 Å². The summed E-state index contributed by atoms with van der Waals surface area (Å²) in [6.07, 6.45) is 4.53. The minimum Gasteiger partial charge on any atom is -0.389 e. The first-order chi connectivity index (χ1) is 9.47. The van der Waals surface area contributed by atoms with Crippen molar-refractivity contribution in [3.8, 4) is 0 Å². The molecule has 120 valence electrons. The van der Waals surface area contributed by atoms with Crippen molar-refractivity contribution in [2.24, 2.45) is 11.3 Å². The Labute approximate surface area is 124 Å². The molecule has 20 heavy (non-hydrogen) atoms. The second kappa shape index (κ2) is 8.98. The van der Waals surface area contributed by atoms with Crippen molar-refractivity contribution in [3.63, 3.8) is 0 Å². The molecule has 0 amide bonds. The second-order valence-electron chi connectivity index (χ2n) is 6.80. The molecular formula is C16H33NO3. The summed E-state index contributed by atoms with van der Waals surface area (Å²) in [4.78, 5) is 0. The van der Waals surface area contributed by atoms with Gasteiger partial charge in [0.15, 0.2) is 0 Å². The average molecular weight is 287 g/mol. The average Bonchev–Trinajstić information content (AvgIpc) is 3.14. The summed E-state index contributed by atoms with van der Waals surface area (Å²) in [5, 5.41) is 13.3. The van der Waals surface area contributed by atoms with E-state index in [0.717, 1.165) is 26.0 Å². The highest BCUT2D eigenvalue weighted by Crippen LogP contribution is 2.48. The van der Waals surface area contributed by atoms with E-state index in [-0.39, 0.29) is 6.10 Å². The van der Waals surface area contributed by atoms with Crippen LogP contribution in [0.3, 0.4) is 0 Å². The first kappa shape index (κ1) is 17.9. The van der Waals surface area contributed by atoms with Crippen LogP contribution in [0.15, 0.2) is 0 Å². The van der Waals surface area contributed by atoms with Gasteiger partial charge in [0, 0.05) is 26.8 Å². The van der Waals surface area contributed by atoms with Gasteiger partial charge >= 0.3 is 0 Å². The molecule has 1 rings (SSSR count). The third-order valence-corrected chi connectivity index (χ3v) is 4.05. The quantitative estimate of drug-likeness (QED) is 0.578. The van der Waals surface area contributed by atoms with Crippen molar-refractivity contribution in [1.82, 2.24) is 5.32 Å². The number of aliphatic hydroxyl groups is 1.